The second kappa shape index (κ2) is 7.29. The van der Waals surface area contributed by atoms with Crippen LogP contribution >= 0.6 is 0 Å². The van der Waals surface area contributed by atoms with Crippen LogP contribution in [0.5, 0.6) is 0 Å². The van der Waals surface area contributed by atoms with E-state index < -0.39 is 11.9 Å². The molecule has 1 saturated heterocycles. The number of hydrogen-bond donors (Lipinski definition) is 0. The first kappa shape index (κ1) is 15.6. The van der Waals surface area contributed by atoms with Gasteiger partial charge < -0.3 is 14.4 Å². The quantitative estimate of drug-likeness (QED) is 0.747. The minimum absolute atomic E-state index is 0.353. The molecule has 0 unspecified atom stereocenters. The van der Waals surface area contributed by atoms with Crippen LogP contribution in [-0.2, 0) is 19.1 Å². The zero-order valence-corrected chi connectivity index (χ0v) is 12.8. The van der Waals surface area contributed by atoms with Gasteiger partial charge >= 0.3 is 11.9 Å². The van der Waals surface area contributed by atoms with Gasteiger partial charge in [-0.25, -0.2) is 9.59 Å². The lowest BCUT2D eigenvalue weighted by atomic mass is 9.95. The van der Waals surface area contributed by atoms with E-state index in [1.54, 1.807) is 0 Å². The molecule has 0 aromatic rings. The molecule has 1 aliphatic carbocycles. The first-order valence-corrected chi connectivity index (χ1v) is 7.54. The molecule has 0 aromatic carbocycles. The van der Waals surface area contributed by atoms with Crippen LogP contribution in [0.25, 0.3) is 0 Å². The Morgan fingerprint density at radius 3 is 2.29 bits per heavy atom. The van der Waals surface area contributed by atoms with Crippen molar-refractivity contribution in [3.05, 3.63) is 22.9 Å². The number of ether oxygens (including phenoxy) is 2. The van der Waals surface area contributed by atoms with Crippen molar-refractivity contribution in [2.45, 2.75) is 38.5 Å². The summed E-state index contributed by atoms with van der Waals surface area (Å²) in [5.74, 6) is -0.913. The molecule has 0 amide bonds. The largest absolute Gasteiger partial charge is 0.465 e. The van der Waals surface area contributed by atoms with E-state index in [0.717, 1.165) is 57.3 Å². The molecule has 0 bridgehead atoms. The highest BCUT2D eigenvalue weighted by Crippen LogP contribution is 2.30. The van der Waals surface area contributed by atoms with Gasteiger partial charge in [-0.05, 0) is 38.5 Å². The molecule has 21 heavy (non-hydrogen) atoms. The average molecular weight is 293 g/mol. The van der Waals surface area contributed by atoms with Gasteiger partial charge in [0.1, 0.15) is 0 Å². The van der Waals surface area contributed by atoms with E-state index in [0.29, 0.717) is 11.1 Å². The van der Waals surface area contributed by atoms with Crippen molar-refractivity contribution in [2.75, 3.05) is 27.3 Å². The van der Waals surface area contributed by atoms with Gasteiger partial charge in [-0.1, -0.05) is 6.08 Å². The molecule has 116 valence electrons. The number of carbonyl (C=O) groups is 2. The number of esters is 2. The van der Waals surface area contributed by atoms with Gasteiger partial charge in [0.2, 0.25) is 0 Å². The number of likely N-dealkylation sites (tertiary alicyclic amines) is 1. The van der Waals surface area contributed by atoms with Gasteiger partial charge in [-0.2, -0.15) is 0 Å². The Labute approximate surface area is 125 Å². The number of methoxy groups -OCH3 is 2. The minimum atomic E-state index is -0.464. The number of carbonyl (C=O) groups excluding carboxylic acids is 2. The molecular formula is C16H23NO4. The molecule has 1 fully saturated rings. The summed E-state index contributed by atoms with van der Waals surface area (Å²) in [5.41, 5.74) is 1.69. The van der Waals surface area contributed by atoms with Crippen molar-refractivity contribution < 1.29 is 19.1 Å². The summed E-state index contributed by atoms with van der Waals surface area (Å²) >= 11 is 0. The van der Waals surface area contributed by atoms with Gasteiger partial charge in [0, 0.05) is 18.8 Å². The van der Waals surface area contributed by atoms with Crippen molar-refractivity contribution in [2.24, 2.45) is 0 Å². The van der Waals surface area contributed by atoms with E-state index >= 15 is 0 Å². The maximum Gasteiger partial charge on any atom is 0.340 e. The fourth-order valence-electron chi connectivity index (χ4n) is 2.99. The fraction of sp³-hybridized carbons (Fsp3) is 0.625. The fourth-order valence-corrected chi connectivity index (χ4v) is 2.99. The topological polar surface area (TPSA) is 55.8 Å². The van der Waals surface area contributed by atoms with Crippen molar-refractivity contribution in [1.29, 1.82) is 0 Å². The van der Waals surface area contributed by atoms with Crippen molar-refractivity contribution in [3.63, 3.8) is 0 Å². The van der Waals surface area contributed by atoms with Gasteiger partial charge in [-0.15, -0.1) is 0 Å². The number of allylic oxidation sites excluding steroid dienone is 2. The van der Waals surface area contributed by atoms with Crippen LogP contribution in [-0.4, -0.2) is 44.1 Å². The zero-order chi connectivity index (χ0) is 15.2. The first-order valence-electron chi connectivity index (χ1n) is 7.54. The van der Waals surface area contributed by atoms with E-state index in [-0.39, 0.29) is 0 Å². The number of rotatable bonds is 3. The van der Waals surface area contributed by atoms with E-state index in [9.17, 15) is 9.59 Å². The van der Waals surface area contributed by atoms with E-state index in [1.165, 1.54) is 14.2 Å². The maximum absolute atomic E-state index is 12.3. The third-order valence-corrected chi connectivity index (χ3v) is 4.06. The molecule has 5 heteroatoms. The molecule has 0 atom stereocenters. The van der Waals surface area contributed by atoms with Crippen LogP contribution in [0.1, 0.15) is 38.5 Å². The van der Waals surface area contributed by atoms with Gasteiger partial charge in [0.25, 0.3) is 0 Å². The smallest absolute Gasteiger partial charge is 0.340 e. The molecule has 1 heterocycles. The summed E-state index contributed by atoms with van der Waals surface area (Å²) in [6.07, 6.45) is 7.65. The lowest BCUT2D eigenvalue weighted by Gasteiger charge is -2.26. The predicted molar refractivity (Wildman–Crippen MR) is 78.4 cm³/mol. The van der Waals surface area contributed by atoms with Crippen LogP contribution in [0.15, 0.2) is 22.9 Å². The molecule has 0 aromatic heterocycles. The van der Waals surface area contributed by atoms with E-state index in [2.05, 4.69) is 4.90 Å². The Morgan fingerprint density at radius 2 is 1.67 bits per heavy atom. The Balaban J connectivity index is 2.50. The summed E-state index contributed by atoms with van der Waals surface area (Å²) in [6, 6.07) is 0. The van der Waals surface area contributed by atoms with E-state index in [1.807, 2.05) is 6.08 Å². The summed E-state index contributed by atoms with van der Waals surface area (Å²) in [4.78, 5) is 26.6. The average Bonchev–Trinajstić information content (AvgIpc) is 3.00. The number of nitrogens with zero attached hydrogens (tertiary/aromatic N) is 1. The van der Waals surface area contributed by atoms with Crippen LogP contribution < -0.4 is 0 Å². The second-order valence-corrected chi connectivity index (χ2v) is 5.36. The molecule has 0 N–H and O–H groups in total. The number of hydrogen-bond acceptors (Lipinski definition) is 5. The summed E-state index contributed by atoms with van der Waals surface area (Å²) in [7, 11) is 2.69. The standard InChI is InChI=1S/C16H23NO4/c1-20-15(18)12-8-4-3-5-9-13(14(12)16(19)21-2)17-10-6-7-11-17/h8H,3-7,9-11H2,1-2H3/b12-8-,14-13-. The highest BCUT2D eigenvalue weighted by molar-refractivity contribution is 6.07. The van der Waals surface area contributed by atoms with Gasteiger partial charge in [-0.3, -0.25) is 0 Å². The van der Waals surface area contributed by atoms with Crippen molar-refractivity contribution in [1.82, 2.24) is 4.90 Å². The highest BCUT2D eigenvalue weighted by Gasteiger charge is 2.30. The maximum atomic E-state index is 12.3. The van der Waals surface area contributed by atoms with Crippen LogP contribution in [0.3, 0.4) is 0 Å². The van der Waals surface area contributed by atoms with Gasteiger partial charge in [0.15, 0.2) is 0 Å². The summed E-state index contributed by atoms with van der Waals surface area (Å²) in [5, 5.41) is 0. The SMILES string of the molecule is COC(=O)C1=C\CCCC/C(N2CCCC2)=C\1C(=O)OC. The lowest BCUT2D eigenvalue weighted by Crippen LogP contribution is -2.26. The second-order valence-electron chi connectivity index (χ2n) is 5.36. The molecule has 0 spiro atoms. The minimum Gasteiger partial charge on any atom is -0.465 e. The molecule has 2 aliphatic rings. The van der Waals surface area contributed by atoms with Crippen LogP contribution in [0, 0.1) is 0 Å². The molecule has 5 nitrogen and oxygen atoms in total. The zero-order valence-electron chi connectivity index (χ0n) is 12.8. The Morgan fingerprint density at radius 1 is 1.00 bits per heavy atom. The normalized spacial score (nSPS) is 25.6. The molecule has 0 radical (unpaired) electrons. The summed E-state index contributed by atoms with van der Waals surface area (Å²) in [6.45, 7) is 1.87. The lowest BCUT2D eigenvalue weighted by molar-refractivity contribution is -0.139. The Bertz CT molecular complexity index is 473. The van der Waals surface area contributed by atoms with Gasteiger partial charge in [0.05, 0.1) is 25.4 Å². The van der Waals surface area contributed by atoms with Crippen molar-refractivity contribution in [3.8, 4) is 0 Å². The van der Waals surface area contributed by atoms with Crippen LogP contribution in [0.4, 0.5) is 0 Å². The molecule has 1 aliphatic heterocycles. The molecular weight excluding hydrogens is 270 g/mol. The highest BCUT2D eigenvalue weighted by atomic mass is 16.5. The molecule has 2 rings (SSSR count). The van der Waals surface area contributed by atoms with Crippen molar-refractivity contribution >= 4 is 11.9 Å². The first-order chi connectivity index (χ1) is 10.2. The Hall–Kier alpha value is -1.78. The third kappa shape index (κ3) is 3.46. The van der Waals surface area contributed by atoms with E-state index in [4.69, 9.17) is 9.47 Å². The van der Waals surface area contributed by atoms with Crippen LogP contribution in [0.2, 0.25) is 0 Å². The Kier molecular flexibility index (Phi) is 5.42. The molecule has 0 saturated carbocycles. The summed E-state index contributed by atoms with van der Waals surface area (Å²) < 4.78 is 9.78. The predicted octanol–water partition coefficient (Wildman–Crippen LogP) is 2.18. The monoisotopic (exact) mass is 293 g/mol. The third-order valence-electron chi connectivity index (χ3n) is 4.06.